The maximum absolute atomic E-state index is 12.7. The Bertz CT molecular complexity index is 1470. The number of ether oxygens (including phenoxy) is 4. The molecule has 0 aliphatic carbocycles. The molecule has 5 rings (SSSR count). The summed E-state index contributed by atoms with van der Waals surface area (Å²) in [5.41, 5.74) is 3.80. The lowest BCUT2D eigenvalue weighted by atomic mass is 10.1. The lowest BCUT2D eigenvalue weighted by Crippen LogP contribution is -2.43. The van der Waals surface area contributed by atoms with Crippen molar-refractivity contribution in [3.63, 3.8) is 0 Å². The number of rotatable bonds is 11. The van der Waals surface area contributed by atoms with Crippen molar-refractivity contribution in [3.05, 3.63) is 120 Å². The first-order valence-corrected chi connectivity index (χ1v) is 13.7. The van der Waals surface area contributed by atoms with Gasteiger partial charge in [-0.15, -0.1) is 0 Å². The summed E-state index contributed by atoms with van der Waals surface area (Å²) in [5, 5.41) is 3.64. The van der Waals surface area contributed by atoms with Gasteiger partial charge in [0.05, 0.1) is 31.9 Å². The van der Waals surface area contributed by atoms with Crippen LogP contribution in [0.5, 0.6) is 0 Å². The van der Waals surface area contributed by atoms with Crippen LogP contribution in [-0.2, 0) is 43.4 Å². The van der Waals surface area contributed by atoms with Gasteiger partial charge in [-0.3, -0.25) is 0 Å². The number of amides is 1. The summed E-state index contributed by atoms with van der Waals surface area (Å²) in [7, 11) is 1.30. The molecule has 0 radical (unpaired) electrons. The van der Waals surface area contributed by atoms with Crippen LogP contribution >= 0.6 is 0 Å². The van der Waals surface area contributed by atoms with Gasteiger partial charge >= 0.3 is 12.1 Å². The molecule has 0 saturated carbocycles. The second-order valence-electron chi connectivity index (χ2n) is 9.88. The summed E-state index contributed by atoms with van der Waals surface area (Å²) in [5.74, 6) is -0.553. The molecule has 1 amide bonds. The number of nitrogens with zero attached hydrogens (tertiary/aromatic N) is 1. The highest BCUT2D eigenvalue weighted by atomic mass is 16.6. The smallest absolute Gasteiger partial charge is 0.408 e. The molecule has 3 atom stereocenters. The predicted octanol–water partition coefficient (Wildman–Crippen LogP) is 5.71. The number of benzene rings is 3. The Kier molecular flexibility index (Phi) is 9.46. The van der Waals surface area contributed by atoms with E-state index in [4.69, 9.17) is 18.9 Å². The molecule has 1 aliphatic rings. The van der Waals surface area contributed by atoms with Crippen molar-refractivity contribution < 1.29 is 28.5 Å². The Labute approximate surface area is 239 Å². The van der Waals surface area contributed by atoms with E-state index in [-0.39, 0.29) is 25.4 Å². The van der Waals surface area contributed by atoms with Crippen molar-refractivity contribution in [2.45, 2.75) is 44.4 Å². The van der Waals surface area contributed by atoms with Crippen molar-refractivity contribution in [1.82, 2.24) is 9.88 Å². The topological polar surface area (TPSA) is 88.0 Å². The van der Waals surface area contributed by atoms with Gasteiger partial charge in [0.15, 0.2) is 6.23 Å². The molecule has 8 nitrogen and oxygen atoms in total. The molecule has 4 aromatic rings. The van der Waals surface area contributed by atoms with Crippen LogP contribution in [0.4, 0.5) is 4.79 Å². The van der Waals surface area contributed by atoms with E-state index < -0.39 is 18.1 Å². The molecular weight excluding hydrogens is 520 g/mol. The Morgan fingerprint density at radius 3 is 2.37 bits per heavy atom. The molecule has 8 heteroatoms. The minimum Gasteiger partial charge on any atom is -0.467 e. The van der Waals surface area contributed by atoms with E-state index in [1.807, 2.05) is 102 Å². The van der Waals surface area contributed by atoms with Gasteiger partial charge < -0.3 is 28.8 Å². The van der Waals surface area contributed by atoms with Gasteiger partial charge in [-0.05, 0) is 35.3 Å². The number of aromatic nitrogens is 1. The fourth-order valence-corrected chi connectivity index (χ4v) is 4.91. The van der Waals surface area contributed by atoms with E-state index in [1.54, 1.807) is 0 Å². The van der Waals surface area contributed by atoms with Crippen molar-refractivity contribution in [3.8, 4) is 0 Å². The molecular formula is C33H34N2O6. The van der Waals surface area contributed by atoms with Gasteiger partial charge in [-0.2, -0.15) is 0 Å². The number of alkyl carbamates (subject to hydrolysis) is 1. The number of hydrogen-bond acceptors (Lipinski definition) is 6. The molecule has 0 bridgehead atoms. The highest BCUT2D eigenvalue weighted by Gasteiger charge is 2.27. The molecule has 41 heavy (non-hydrogen) atoms. The van der Waals surface area contributed by atoms with E-state index in [0.717, 1.165) is 34.0 Å². The largest absolute Gasteiger partial charge is 0.467 e. The summed E-state index contributed by atoms with van der Waals surface area (Å²) in [6.45, 7) is 1.10. The van der Waals surface area contributed by atoms with Crippen LogP contribution in [0.15, 0.2) is 103 Å². The van der Waals surface area contributed by atoms with Gasteiger partial charge in [0, 0.05) is 18.0 Å². The summed E-state index contributed by atoms with van der Waals surface area (Å²) < 4.78 is 24.8. The van der Waals surface area contributed by atoms with Crippen LogP contribution in [0.2, 0.25) is 0 Å². The number of hydrogen-bond donors (Lipinski definition) is 1. The number of carbonyl (C=O) groups is 2. The quantitative estimate of drug-likeness (QED) is 0.189. The standard InChI is InChI=1S/C33H34N2O6/c1-38-32(36)29(34-33(37)40-22-25-13-6-3-7-14-25)19-26-20-35(30-17-9-8-16-28(26)30)31-18-10-15-27(41-31)23-39-21-24-11-4-2-5-12-24/h2-14,16-18,20,27,29,31H,15,19,21-23H2,1H3,(H,34,37)/t27-,29-,31-/m0/s1. The monoisotopic (exact) mass is 554 g/mol. The normalized spacial score (nSPS) is 17.2. The lowest BCUT2D eigenvalue weighted by Gasteiger charge is -2.27. The maximum atomic E-state index is 12.7. The molecule has 0 saturated heterocycles. The number of fused-ring (bicyclic) bond motifs is 1. The number of carbonyl (C=O) groups excluding carboxylic acids is 2. The number of esters is 1. The summed E-state index contributed by atoms with van der Waals surface area (Å²) in [4.78, 5) is 25.2. The van der Waals surface area contributed by atoms with E-state index >= 15 is 0 Å². The first-order chi connectivity index (χ1) is 20.1. The van der Waals surface area contributed by atoms with Crippen LogP contribution in [0.1, 0.15) is 29.3 Å². The van der Waals surface area contributed by atoms with Crippen LogP contribution in [0, 0.1) is 0 Å². The van der Waals surface area contributed by atoms with Gasteiger partial charge in [0.2, 0.25) is 0 Å². The third-order valence-electron chi connectivity index (χ3n) is 6.96. The highest BCUT2D eigenvalue weighted by Crippen LogP contribution is 2.30. The molecule has 2 heterocycles. The first-order valence-electron chi connectivity index (χ1n) is 13.7. The van der Waals surface area contributed by atoms with Gasteiger partial charge in [-0.25, -0.2) is 9.59 Å². The maximum Gasteiger partial charge on any atom is 0.408 e. The minimum atomic E-state index is -0.926. The molecule has 1 N–H and O–H groups in total. The van der Waals surface area contributed by atoms with Crippen LogP contribution in [0.3, 0.4) is 0 Å². The van der Waals surface area contributed by atoms with E-state index in [9.17, 15) is 9.59 Å². The zero-order valence-corrected chi connectivity index (χ0v) is 23.0. The van der Waals surface area contributed by atoms with Gasteiger partial charge in [0.25, 0.3) is 0 Å². The van der Waals surface area contributed by atoms with E-state index in [1.165, 1.54) is 7.11 Å². The van der Waals surface area contributed by atoms with Crippen molar-refractivity contribution in [2.24, 2.45) is 0 Å². The second kappa shape index (κ2) is 13.8. The molecule has 1 aromatic heterocycles. The Morgan fingerprint density at radius 2 is 1.63 bits per heavy atom. The lowest BCUT2D eigenvalue weighted by molar-refractivity contribution is -0.143. The fraction of sp³-hybridized carbons (Fsp3) is 0.273. The zero-order valence-electron chi connectivity index (χ0n) is 23.0. The molecule has 212 valence electrons. The van der Waals surface area contributed by atoms with Crippen molar-refractivity contribution in [2.75, 3.05) is 13.7 Å². The summed E-state index contributed by atoms with van der Waals surface area (Å²) >= 11 is 0. The molecule has 1 aliphatic heterocycles. The highest BCUT2D eigenvalue weighted by molar-refractivity contribution is 5.86. The van der Waals surface area contributed by atoms with E-state index in [0.29, 0.717) is 13.2 Å². The SMILES string of the molecule is COC(=O)[C@H](Cc1cn([C@@H]2C=CC[C@@H](COCc3ccccc3)O2)c2ccccc12)NC(=O)OCc1ccccc1. The van der Waals surface area contributed by atoms with Crippen molar-refractivity contribution in [1.29, 1.82) is 0 Å². The van der Waals surface area contributed by atoms with Gasteiger partial charge in [0.1, 0.15) is 12.6 Å². The first kappa shape index (κ1) is 28.1. The third-order valence-corrected chi connectivity index (χ3v) is 6.96. The Morgan fingerprint density at radius 1 is 0.951 bits per heavy atom. The fourth-order valence-electron chi connectivity index (χ4n) is 4.91. The number of methoxy groups -OCH3 is 1. The molecule has 0 spiro atoms. The number of nitrogens with one attached hydrogen (secondary N) is 1. The minimum absolute atomic E-state index is 0.0952. The van der Waals surface area contributed by atoms with Crippen molar-refractivity contribution >= 4 is 23.0 Å². The zero-order chi connectivity index (χ0) is 28.4. The van der Waals surface area contributed by atoms with Crippen LogP contribution < -0.4 is 5.32 Å². The molecule has 0 fully saturated rings. The Hall–Kier alpha value is -4.40. The predicted molar refractivity (Wildman–Crippen MR) is 155 cm³/mol. The van der Waals surface area contributed by atoms with Gasteiger partial charge in [-0.1, -0.05) is 84.9 Å². The average molecular weight is 555 g/mol. The molecule has 0 unspecified atom stereocenters. The average Bonchev–Trinajstić information content (AvgIpc) is 3.39. The van der Waals surface area contributed by atoms with E-state index in [2.05, 4.69) is 11.4 Å². The second-order valence-corrected chi connectivity index (χ2v) is 9.88. The Balaban J connectivity index is 1.27. The summed E-state index contributed by atoms with van der Waals surface area (Å²) in [6, 6.07) is 26.4. The third kappa shape index (κ3) is 7.42. The van der Waals surface area contributed by atoms with Crippen LogP contribution in [0.25, 0.3) is 10.9 Å². The van der Waals surface area contributed by atoms with Crippen LogP contribution in [-0.4, -0.2) is 42.5 Å². The molecule has 3 aromatic carbocycles. The number of para-hydroxylation sites is 1. The summed E-state index contributed by atoms with van der Waals surface area (Å²) in [6.07, 6.45) is 5.97.